The molecular weight excluding hydrogens is 368 g/mol. The first-order chi connectivity index (χ1) is 9.52. The highest BCUT2D eigenvalue weighted by molar-refractivity contribution is 9.10. The van der Waals surface area contributed by atoms with Crippen molar-refractivity contribution in [3.05, 3.63) is 56.2 Å². The molecule has 0 amide bonds. The number of anilines is 1. The Kier molecular flexibility index (Phi) is 5.13. The van der Waals surface area contributed by atoms with Gasteiger partial charge in [0.15, 0.2) is 11.6 Å². The summed E-state index contributed by atoms with van der Waals surface area (Å²) in [7, 11) is 1.43. The predicted octanol–water partition coefficient (Wildman–Crippen LogP) is 5.52. The lowest BCUT2D eigenvalue weighted by molar-refractivity contribution is 0.386. The molecule has 0 spiro atoms. The Morgan fingerprint density at radius 3 is 2.60 bits per heavy atom. The average Bonchev–Trinajstić information content (AvgIpc) is 2.44. The number of hydrogen-bond donors (Lipinski definition) is 1. The molecule has 0 aliphatic heterocycles. The van der Waals surface area contributed by atoms with Gasteiger partial charge in [0, 0.05) is 11.0 Å². The third-order valence-electron chi connectivity index (χ3n) is 2.73. The molecule has 2 aromatic rings. The summed E-state index contributed by atoms with van der Waals surface area (Å²) >= 11 is 15.5. The van der Waals surface area contributed by atoms with Gasteiger partial charge < -0.3 is 10.1 Å². The molecule has 0 radical (unpaired) electrons. The molecule has 0 aliphatic rings. The Labute approximate surface area is 135 Å². The topological polar surface area (TPSA) is 21.3 Å². The summed E-state index contributed by atoms with van der Waals surface area (Å²) in [5, 5.41) is 3.99. The van der Waals surface area contributed by atoms with Crippen LogP contribution < -0.4 is 10.1 Å². The molecule has 0 bridgehead atoms. The second kappa shape index (κ2) is 6.66. The number of hydrogen-bond acceptors (Lipinski definition) is 2. The number of rotatable bonds is 4. The van der Waals surface area contributed by atoms with Crippen molar-refractivity contribution in [2.24, 2.45) is 0 Å². The maximum absolute atomic E-state index is 13.6. The minimum atomic E-state index is -0.397. The number of nitrogens with one attached hydrogen (secondary N) is 1. The summed E-state index contributed by atoms with van der Waals surface area (Å²) < 4.78 is 19.2. The quantitative estimate of drug-likeness (QED) is 0.707. The molecule has 1 N–H and O–H groups in total. The third kappa shape index (κ3) is 3.37. The molecule has 20 heavy (non-hydrogen) atoms. The molecule has 0 fully saturated rings. The van der Waals surface area contributed by atoms with E-state index in [0.29, 0.717) is 22.3 Å². The van der Waals surface area contributed by atoms with Crippen LogP contribution in [0.5, 0.6) is 5.75 Å². The van der Waals surface area contributed by atoms with Gasteiger partial charge in [0.2, 0.25) is 0 Å². The average molecular weight is 379 g/mol. The first kappa shape index (κ1) is 15.4. The largest absolute Gasteiger partial charge is 0.494 e. The zero-order valence-corrected chi connectivity index (χ0v) is 13.6. The van der Waals surface area contributed by atoms with Gasteiger partial charge in [-0.3, -0.25) is 0 Å². The molecular formula is C14H11BrCl2FNO. The first-order valence-electron chi connectivity index (χ1n) is 5.72. The second-order valence-electron chi connectivity index (χ2n) is 4.05. The van der Waals surface area contributed by atoms with E-state index in [2.05, 4.69) is 21.2 Å². The summed E-state index contributed by atoms with van der Waals surface area (Å²) in [5.41, 5.74) is 1.47. The fraction of sp³-hybridized carbons (Fsp3) is 0.143. The summed E-state index contributed by atoms with van der Waals surface area (Å²) in [6, 6.07) is 8.38. The van der Waals surface area contributed by atoms with Gasteiger partial charge in [0.05, 0.1) is 22.8 Å². The molecule has 0 saturated heterocycles. The molecule has 2 rings (SSSR count). The molecule has 0 unspecified atom stereocenters. The van der Waals surface area contributed by atoms with Crippen LogP contribution in [0.2, 0.25) is 10.0 Å². The maximum Gasteiger partial charge on any atom is 0.165 e. The minimum absolute atomic E-state index is 0.221. The maximum atomic E-state index is 13.6. The Hall–Kier alpha value is -0.970. The van der Waals surface area contributed by atoms with E-state index in [0.717, 1.165) is 10.0 Å². The van der Waals surface area contributed by atoms with Crippen LogP contribution in [0.4, 0.5) is 10.1 Å². The normalized spacial score (nSPS) is 10.4. The summed E-state index contributed by atoms with van der Waals surface area (Å²) in [6.07, 6.45) is 0. The van der Waals surface area contributed by atoms with Crippen LogP contribution in [0.15, 0.2) is 34.8 Å². The molecule has 0 aromatic heterocycles. The fourth-order valence-electron chi connectivity index (χ4n) is 1.68. The van der Waals surface area contributed by atoms with E-state index >= 15 is 0 Å². The van der Waals surface area contributed by atoms with Crippen molar-refractivity contribution in [1.29, 1.82) is 0 Å². The predicted molar refractivity (Wildman–Crippen MR) is 84.4 cm³/mol. The molecule has 106 valence electrons. The van der Waals surface area contributed by atoms with E-state index < -0.39 is 5.82 Å². The zero-order valence-electron chi connectivity index (χ0n) is 10.5. The Balaban J connectivity index is 2.13. The lowest BCUT2D eigenvalue weighted by atomic mass is 10.2. The van der Waals surface area contributed by atoms with Crippen LogP contribution in [-0.2, 0) is 6.54 Å². The van der Waals surface area contributed by atoms with E-state index in [1.165, 1.54) is 13.2 Å². The monoisotopic (exact) mass is 377 g/mol. The summed E-state index contributed by atoms with van der Waals surface area (Å²) in [4.78, 5) is 0. The Bertz CT molecular complexity index is 637. The van der Waals surface area contributed by atoms with Gasteiger partial charge in [0.25, 0.3) is 0 Å². The molecule has 0 heterocycles. The Morgan fingerprint density at radius 2 is 1.95 bits per heavy atom. The summed E-state index contributed by atoms with van der Waals surface area (Å²) in [5.74, 6) is -0.176. The van der Waals surface area contributed by atoms with Crippen molar-refractivity contribution in [3.8, 4) is 5.75 Å². The van der Waals surface area contributed by atoms with Gasteiger partial charge in [0.1, 0.15) is 0 Å². The van der Waals surface area contributed by atoms with Crippen molar-refractivity contribution >= 4 is 44.8 Å². The van der Waals surface area contributed by atoms with Gasteiger partial charge in [-0.2, -0.15) is 0 Å². The lowest BCUT2D eigenvalue weighted by Gasteiger charge is -2.11. The highest BCUT2D eigenvalue weighted by Crippen LogP contribution is 2.36. The van der Waals surface area contributed by atoms with Gasteiger partial charge in [-0.05, 0) is 45.8 Å². The van der Waals surface area contributed by atoms with Crippen LogP contribution in [0, 0.1) is 5.82 Å². The Morgan fingerprint density at radius 1 is 1.20 bits per heavy atom. The molecule has 2 nitrogen and oxygen atoms in total. The van der Waals surface area contributed by atoms with Crippen molar-refractivity contribution in [2.75, 3.05) is 12.4 Å². The van der Waals surface area contributed by atoms with E-state index in [-0.39, 0.29) is 5.75 Å². The van der Waals surface area contributed by atoms with Crippen molar-refractivity contribution in [1.82, 2.24) is 0 Å². The van der Waals surface area contributed by atoms with Crippen molar-refractivity contribution < 1.29 is 9.13 Å². The van der Waals surface area contributed by atoms with E-state index in [1.54, 1.807) is 24.3 Å². The van der Waals surface area contributed by atoms with Crippen LogP contribution >= 0.6 is 39.1 Å². The lowest BCUT2D eigenvalue weighted by Crippen LogP contribution is -2.01. The van der Waals surface area contributed by atoms with Crippen LogP contribution in [0.25, 0.3) is 0 Å². The van der Waals surface area contributed by atoms with E-state index in [9.17, 15) is 4.39 Å². The molecule has 6 heteroatoms. The number of methoxy groups -OCH3 is 1. The smallest absolute Gasteiger partial charge is 0.165 e. The zero-order chi connectivity index (χ0) is 14.7. The van der Waals surface area contributed by atoms with E-state index in [4.69, 9.17) is 27.9 Å². The van der Waals surface area contributed by atoms with Crippen molar-refractivity contribution in [3.63, 3.8) is 0 Å². The van der Waals surface area contributed by atoms with Crippen LogP contribution in [-0.4, -0.2) is 7.11 Å². The highest BCUT2D eigenvalue weighted by Gasteiger charge is 2.09. The van der Waals surface area contributed by atoms with Crippen molar-refractivity contribution in [2.45, 2.75) is 6.54 Å². The van der Waals surface area contributed by atoms with Gasteiger partial charge in [-0.1, -0.05) is 29.3 Å². The number of halogens is 4. The molecule has 0 atom stereocenters. The SMILES string of the molecule is COc1ccc(CNc2ccc(Br)c(Cl)c2Cl)cc1F. The van der Waals surface area contributed by atoms with Gasteiger partial charge in [-0.15, -0.1) is 0 Å². The molecule has 2 aromatic carbocycles. The summed E-state index contributed by atoms with van der Waals surface area (Å²) in [6.45, 7) is 0.429. The standard InChI is InChI=1S/C14H11BrCl2FNO/c1-20-12-5-2-8(6-10(12)18)7-19-11-4-3-9(15)13(16)14(11)17/h2-6,19H,7H2,1H3. The van der Waals surface area contributed by atoms with Gasteiger partial charge >= 0.3 is 0 Å². The minimum Gasteiger partial charge on any atom is -0.494 e. The number of benzene rings is 2. The third-order valence-corrected chi connectivity index (χ3v) is 4.51. The number of ether oxygens (including phenoxy) is 1. The molecule has 0 saturated carbocycles. The van der Waals surface area contributed by atoms with Crippen LogP contribution in [0.1, 0.15) is 5.56 Å². The fourth-order valence-corrected chi connectivity index (χ4v) is 2.52. The molecule has 0 aliphatic carbocycles. The van der Waals surface area contributed by atoms with E-state index in [1.807, 2.05) is 0 Å². The first-order valence-corrected chi connectivity index (χ1v) is 7.27. The second-order valence-corrected chi connectivity index (χ2v) is 5.66. The van der Waals surface area contributed by atoms with Gasteiger partial charge in [-0.25, -0.2) is 4.39 Å². The highest BCUT2D eigenvalue weighted by atomic mass is 79.9. The van der Waals surface area contributed by atoms with Crippen LogP contribution in [0.3, 0.4) is 0 Å².